The van der Waals surface area contributed by atoms with Gasteiger partial charge in [0.1, 0.15) is 5.75 Å². The summed E-state index contributed by atoms with van der Waals surface area (Å²) in [7, 11) is -1.94. The number of carbonyl (C=O) groups is 1. The molecular weight excluding hydrogens is 404 g/mol. The number of rotatable bonds is 5. The van der Waals surface area contributed by atoms with Gasteiger partial charge < -0.3 is 14.4 Å². The van der Waals surface area contributed by atoms with Crippen LogP contribution in [0.1, 0.15) is 34.8 Å². The van der Waals surface area contributed by atoms with Gasteiger partial charge in [-0.25, -0.2) is 8.42 Å². The Balaban J connectivity index is 1.51. The molecule has 2 saturated heterocycles. The number of nitrogens with zero attached hydrogens (tertiary/aromatic N) is 2. The van der Waals surface area contributed by atoms with Crippen molar-refractivity contribution in [1.29, 1.82) is 0 Å². The van der Waals surface area contributed by atoms with E-state index in [-0.39, 0.29) is 16.8 Å². The lowest BCUT2D eigenvalue weighted by Gasteiger charge is -2.27. The maximum absolute atomic E-state index is 13.1. The summed E-state index contributed by atoms with van der Waals surface area (Å²) in [5.74, 6) is 0.704. The average molecular weight is 431 g/mol. The van der Waals surface area contributed by atoms with Crippen LogP contribution in [0, 0.1) is 0 Å². The van der Waals surface area contributed by atoms with Gasteiger partial charge in [0.05, 0.1) is 31.3 Å². The fourth-order valence-electron chi connectivity index (χ4n) is 4.05. The molecule has 0 aliphatic carbocycles. The van der Waals surface area contributed by atoms with E-state index in [1.807, 2.05) is 29.2 Å². The smallest absolute Gasteiger partial charge is 0.254 e. The zero-order valence-electron chi connectivity index (χ0n) is 17.0. The maximum Gasteiger partial charge on any atom is 0.254 e. The van der Waals surface area contributed by atoms with E-state index in [2.05, 4.69) is 0 Å². The molecule has 0 unspecified atom stereocenters. The van der Waals surface area contributed by atoms with Crippen molar-refractivity contribution in [3.63, 3.8) is 0 Å². The van der Waals surface area contributed by atoms with Gasteiger partial charge in [0.25, 0.3) is 5.91 Å². The SMILES string of the molecule is COc1ccc([C@@H]2CCCN2C(=O)c2ccc(S(=O)(=O)N3CCOCC3)cc2)cc1. The molecule has 8 heteroatoms. The van der Waals surface area contributed by atoms with Crippen molar-refractivity contribution < 1.29 is 22.7 Å². The van der Waals surface area contributed by atoms with Gasteiger partial charge in [0, 0.05) is 25.2 Å². The van der Waals surface area contributed by atoms with Crippen LogP contribution in [0.3, 0.4) is 0 Å². The van der Waals surface area contributed by atoms with Crippen molar-refractivity contribution in [1.82, 2.24) is 9.21 Å². The van der Waals surface area contributed by atoms with E-state index in [4.69, 9.17) is 9.47 Å². The molecule has 7 nitrogen and oxygen atoms in total. The van der Waals surface area contributed by atoms with Crippen LogP contribution in [0.15, 0.2) is 53.4 Å². The van der Waals surface area contributed by atoms with E-state index < -0.39 is 10.0 Å². The molecule has 1 atom stereocenters. The summed E-state index contributed by atoms with van der Waals surface area (Å²) >= 11 is 0. The minimum absolute atomic E-state index is 0.0140. The average Bonchev–Trinajstić information content (AvgIpc) is 3.29. The zero-order valence-corrected chi connectivity index (χ0v) is 17.8. The van der Waals surface area contributed by atoms with Crippen LogP contribution in [-0.4, -0.2) is 63.5 Å². The number of hydrogen-bond donors (Lipinski definition) is 0. The minimum Gasteiger partial charge on any atom is -0.497 e. The fourth-order valence-corrected chi connectivity index (χ4v) is 5.46. The molecule has 0 N–H and O–H groups in total. The third kappa shape index (κ3) is 4.08. The third-order valence-corrected chi connectivity index (χ3v) is 7.64. The van der Waals surface area contributed by atoms with Gasteiger partial charge in [-0.1, -0.05) is 12.1 Å². The molecule has 2 aliphatic rings. The van der Waals surface area contributed by atoms with Crippen molar-refractivity contribution >= 4 is 15.9 Å². The predicted molar refractivity (Wildman–Crippen MR) is 112 cm³/mol. The number of morpholine rings is 1. The second-order valence-electron chi connectivity index (χ2n) is 7.47. The highest BCUT2D eigenvalue weighted by Crippen LogP contribution is 2.34. The quantitative estimate of drug-likeness (QED) is 0.729. The molecule has 0 bridgehead atoms. The molecule has 30 heavy (non-hydrogen) atoms. The summed E-state index contributed by atoms with van der Waals surface area (Å²) in [6.45, 7) is 2.18. The highest BCUT2D eigenvalue weighted by Gasteiger charge is 2.31. The molecule has 4 rings (SSSR count). The molecule has 2 aliphatic heterocycles. The number of benzene rings is 2. The first-order valence-electron chi connectivity index (χ1n) is 10.1. The first-order chi connectivity index (χ1) is 14.5. The van der Waals surface area contributed by atoms with Crippen molar-refractivity contribution in [2.24, 2.45) is 0 Å². The van der Waals surface area contributed by atoms with Gasteiger partial charge in [0.15, 0.2) is 0 Å². The Labute approximate surface area is 177 Å². The lowest BCUT2D eigenvalue weighted by Crippen LogP contribution is -2.40. The van der Waals surface area contributed by atoms with Gasteiger partial charge in [-0.3, -0.25) is 4.79 Å². The third-order valence-electron chi connectivity index (χ3n) is 5.72. The summed E-state index contributed by atoms with van der Waals surface area (Å²) in [6, 6.07) is 14.1. The highest BCUT2D eigenvalue weighted by atomic mass is 32.2. The number of carbonyl (C=O) groups excluding carboxylic acids is 1. The molecule has 2 fully saturated rings. The lowest BCUT2D eigenvalue weighted by molar-refractivity contribution is 0.0730. The van der Waals surface area contributed by atoms with E-state index in [1.165, 1.54) is 16.4 Å². The Hall–Kier alpha value is -2.42. The Morgan fingerprint density at radius 2 is 1.67 bits per heavy atom. The Bertz CT molecular complexity index is 983. The summed E-state index contributed by atoms with van der Waals surface area (Å²) in [5.41, 5.74) is 1.57. The second-order valence-corrected chi connectivity index (χ2v) is 9.41. The first-order valence-corrected chi connectivity index (χ1v) is 11.6. The molecular formula is C22H26N2O5S. The van der Waals surface area contributed by atoms with Crippen LogP contribution in [-0.2, 0) is 14.8 Å². The normalized spacial score (nSPS) is 20.3. The second kappa shape index (κ2) is 8.75. The number of hydrogen-bond acceptors (Lipinski definition) is 5. The van der Waals surface area contributed by atoms with E-state index in [1.54, 1.807) is 19.2 Å². The van der Waals surface area contributed by atoms with Crippen LogP contribution >= 0.6 is 0 Å². The molecule has 0 aromatic heterocycles. The minimum atomic E-state index is -3.57. The predicted octanol–water partition coefficient (Wildman–Crippen LogP) is 2.69. The van der Waals surface area contributed by atoms with Crippen molar-refractivity contribution in [3.8, 4) is 5.75 Å². The number of ether oxygens (including phenoxy) is 2. The van der Waals surface area contributed by atoms with Crippen molar-refractivity contribution in [2.75, 3.05) is 40.0 Å². The Morgan fingerprint density at radius 1 is 1.00 bits per heavy atom. The standard InChI is InChI=1S/C22H26N2O5S/c1-28-19-8-4-17(5-9-19)21-3-2-12-24(21)22(25)18-6-10-20(11-7-18)30(26,27)23-13-15-29-16-14-23/h4-11,21H,2-3,12-16H2,1H3/t21-/m0/s1. The van der Waals surface area contributed by atoms with Gasteiger partial charge >= 0.3 is 0 Å². The van der Waals surface area contributed by atoms with E-state index in [0.717, 1.165) is 24.2 Å². The van der Waals surface area contributed by atoms with Crippen LogP contribution in [0.5, 0.6) is 5.75 Å². The van der Waals surface area contributed by atoms with Crippen LogP contribution in [0.25, 0.3) is 0 Å². The fraction of sp³-hybridized carbons (Fsp3) is 0.409. The zero-order chi connectivity index (χ0) is 21.1. The van der Waals surface area contributed by atoms with Crippen molar-refractivity contribution in [2.45, 2.75) is 23.8 Å². The molecule has 160 valence electrons. The van der Waals surface area contributed by atoms with Crippen molar-refractivity contribution in [3.05, 3.63) is 59.7 Å². The van der Waals surface area contributed by atoms with Gasteiger partial charge in [-0.2, -0.15) is 4.31 Å². The van der Waals surface area contributed by atoms with Gasteiger partial charge in [0.2, 0.25) is 10.0 Å². The molecule has 2 aromatic rings. The van der Waals surface area contributed by atoms with Gasteiger partial charge in [-0.05, 0) is 54.8 Å². The Morgan fingerprint density at radius 3 is 2.30 bits per heavy atom. The maximum atomic E-state index is 13.1. The lowest BCUT2D eigenvalue weighted by atomic mass is 10.0. The number of amides is 1. The number of sulfonamides is 1. The van der Waals surface area contributed by atoms with E-state index in [0.29, 0.717) is 38.4 Å². The molecule has 0 radical (unpaired) electrons. The summed E-state index contributed by atoms with van der Waals surface area (Å²) in [4.78, 5) is 15.2. The number of likely N-dealkylation sites (tertiary alicyclic amines) is 1. The number of methoxy groups -OCH3 is 1. The summed E-state index contributed by atoms with van der Waals surface area (Å²) in [5, 5.41) is 0. The molecule has 0 saturated carbocycles. The van der Waals surface area contributed by atoms with E-state index in [9.17, 15) is 13.2 Å². The van der Waals surface area contributed by atoms with Crippen LogP contribution in [0.4, 0.5) is 0 Å². The monoisotopic (exact) mass is 430 g/mol. The van der Waals surface area contributed by atoms with Gasteiger partial charge in [-0.15, -0.1) is 0 Å². The largest absolute Gasteiger partial charge is 0.497 e. The molecule has 0 spiro atoms. The Kier molecular flexibility index (Phi) is 6.08. The molecule has 2 heterocycles. The van der Waals surface area contributed by atoms with Crippen LogP contribution < -0.4 is 4.74 Å². The molecule has 2 aromatic carbocycles. The topological polar surface area (TPSA) is 76.2 Å². The first kappa shape index (κ1) is 20.8. The van der Waals surface area contributed by atoms with Crippen LogP contribution in [0.2, 0.25) is 0 Å². The van der Waals surface area contributed by atoms with E-state index >= 15 is 0 Å². The summed E-state index contributed by atoms with van der Waals surface area (Å²) < 4.78 is 37.4. The molecule has 1 amide bonds. The highest BCUT2D eigenvalue weighted by molar-refractivity contribution is 7.89. The summed E-state index contributed by atoms with van der Waals surface area (Å²) in [6.07, 6.45) is 1.84.